The van der Waals surface area contributed by atoms with E-state index in [0.29, 0.717) is 0 Å². The number of hydrogen-bond acceptors (Lipinski definition) is 3. The standard InChI is InChI=1S/C122H94BN3/c1-121(2,3)99-65-69-101(70-66-99)124(102-71-67-100(68-72-102)122(4,5)6)103-77-116-118-117(78-103)126(120-106(97-59-33-55-93(75-97)85-41-19-9-20-42-85)63-36-64-107(120)98-60-34-56-94(76-98)86-43-21-10-22-44-86)115-82-111(90-51-29-14-30-52-90)109(88-47-25-12-26-48-88)80-113(115)123(118)112-79-108(87-45-23-11-24-46-87)110(89-49-27-13-28-50-89)81-114(112)125(116)119-104(95-57-31-53-91(73-95)83-37-15-7-16-38-83)61-35-62-105(119)96-58-32-54-92(74-96)84-39-17-8-18-40-84/h7-82H,1-6H3. The van der Waals surface area contributed by atoms with E-state index in [9.17, 15) is 0 Å². The van der Waals surface area contributed by atoms with E-state index >= 15 is 0 Å². The minimum Gasteiger partial charge on any atom is -0.310 e. The molecule has 19 aromatic carbocycles. The predicted molar refractivity (Wildman–Crippen MR) is 538 cm³/mol. The second kappa shape index (κ2) is 32.8. The van der Waals surface area contributed by atoms with Gasteiger partial charge in [0.05, 0.1) is 17.1 Å². The average Bonchev–Trinajstić information content (AvgIpc) is 0.681. The zero-order valence-corrected chi connectivity index (χ0v) is 71.8. The molecular weight excluding hydrogens is 1520 g/mol. The normalized spacial score (nSPS) is 12.2. The molecule has 21 rings (SSSR count). The Bertz CT molecular complexity index is 6590. The van der Waals surface area contributed by atoms with Gasteiger partial charge < -0.3 is 14.7 Å². The molecule has 0 aliphatic carbocycles. The number of anilines is 9. The molecule has 0 atom stereocenters. The molecule has 4 heteroatoms. The lowest BCUT2D eigenvalue weighted by atomic mass is 9.33. The van der Waals surface area contributed by atoms with Crippen molar-refractivity contribution in [2.75, 3.05) is 14.7 Å². The molecule has 600 valence electrons. The lowest BCUT2D eigenvalue weighted by Crippen LogP contribution is -2.61. The van der Waals surface area contributed by atoms with Crippen molar-refractivity contribution in [2.24, 2.45) is 0 Å². The van der Waals surface area contributed by atoms with E-state index in [1.807, 2.05) is 0 Å². The van der Waals surface area contributed by atoms with Gasteiger partial charge in [-0.15, -0.1) is 0 Å². The van der Waals surface area contributed by atoms with Crippen molar-refractivity contribution >= 4 is 74.3 Å². The molecule has 0 unspecified atom stereocenters. The second-order valence-corrected chi connectivity index (χ2v) is 35.5. The smallest absolute Gasteiger partial charge is 0.252 e. The first-order valence-corrected chi connectivity index (χ1v) is 44.0. The summed E-state index contributed by atoms with van der Waals surface area (Å²) in [6.07, 6.45) is 0. The van der Waals surface area contributed by atoms with E-state index in [1.165, 1.54) is 22.1 Å². The monoisotopic (exact) mass is 1610 g/mol. The lowest BCUT2D eigenvalue weighted by Gasteiger charge is -2.47. The highest BCUT2D eigenvalue weighted by molar-refractivity contribution is 7.00. The molecule has 2 heterocycles. The van der Waals surface area contributed by atoms with Crippen LogP contribution in [0.5, 0.6) is 0 Å². The van der Waals surface area contributed by atoms with Crippen LogP contribution in [0.3, 0.4) is 0 Å². The van der Waals surface area contributed by atoms with Crippen molar-refractivity contribution < 1.29 is 0 Å². The first-order valence-electron chi connectivity index (χ1n) is 44.0. The van der Waals surface area contributed by atoms with Crippen molar-refractivity contribution in [1.29, 1.82) is 0 Å². The summed E-state index contributed by atoms with van der Waals surface area (Å²) in [6, 6.07) is 174. The van der Waals surface area contributed by atoms with Crippen molar-refractivity contribution in [3.8, 4) is 134 Å². The topological polar surface area (TPSA) is 9.72 Å². The molecule has 2 aliphatic heterocycles. The maximum Gasteiger partial charge on any atom is 0.252 e. The molecule has 0 saturated heterocycles. The first-order chi connectivity index (χ1) is 61.8. The van der Waals surface area contributed by atoms with E-state index in [1.54, 1.807) is 0 Å². The number of benzene rings is 19. The van der Waals surface area contributed by atoms with E-state index in [0.717, 1.165) is 190 Å². The van der Waals surface area contributed by atoms with Gasteiger partial charge in [0.25, 0.3) is 6.71 Å². The summed E-state index contributed by atoms with van der Waals surface area (Å²) in [5.74, 6) is 0. The van der Waals surface area contributed by atoms with Gasteiger partial charge in [0.1, 0.15) is 0 Å². The Morgan fingerprint density at radius 1 is 0.183 bits per heavy atom. The van der Waals surface area contributed by atoms with Crippen LogP contribution in [-0.4, -0.2) is 6.71 Å². The summed E-state index contributed by atoms with van der Waals surface area (Å²) >= 11 is 0. The van der Waals surface area contributed by atoms with Crippen LogP contribution < -0.4 is 31.1 Å². The van der Waals surface area contributed by atoms with Crippen LogP contribution in [-0.2, 0) is 10.8 Å². The lowest BCUT2D eigenvalue weighted by molar-refractivity contribution is 0.590. The van der Waals surface area contributed by atoms with Crippen LogP contribution in [0.1, 0.15) is 52.7 Å². The number of hydrogen-bond donors (Lipinski definition) is 0. The Morgan fingerprint density at radius 2 is 0.413 bits per heavy atom. The summed E-state index contributed by atoms with van der Waals surface area (Å²) in [4.78, 5) is 8.03. The van der Waals surface area contributed by atoms with Crippen LogP contribution in [0, 0.1) is 0 Å². The first kappa shape index (κ1) is 77.9. The highest BCUT2D eigenvalue weighted by Crippen LogP contribution is 2.57. The highest BCUT2D eigenvalue weighted by Gasteiger charge is 2.47. The van der Waals surface area contributed by atoms with Gasteiger partial charge in [0.2, 0.25) is 0 Å². The van der Waals surface area contributed by atoms with Gasteiger partial charge in [-0.05, 0) is 222 Å². The molecule has 0 fully saturated rings. The maximum absolute atomic E-state index is 2.74. The average molecular weight is 1610 g/mol. The Kier molecular flexibility index (Phi) is 20.3. The third-order valence-electron chi connectivity index (χ3n) is 25.6. The van der Waals surface area contributed by atoms with Crippen molar-refractivity contribution in [1.82, 2.24) is 0 Å². The quantitative estimate of drug-likeness (QED) is 0.0842. The fraction of sp³-hybridized carbons (Fsp3) is 0.0656. The predicted octanol–water partition coefficient (Wildman–Crippen LogP) is 31.8. The summed E-state index contributed by atoms with van der Waals surface area (Å²) in [5, 5.41) is 0. The number of nitrogens with zero attached hydrogens (tertiary/aromatic N) is 3. The molecule has 0 bridgehead atoms. The highest BCUT2D eigenvalue weighted by atomic mass is 15.2. The molecule has 3 nitrogen and oxygen atoms in total. The van der Waals surface area contributed by atoms with Crippen LogP contribution in [0.15, 0.2) is 461 Å². The van der Waals surface area contributed by atoms with E-state index in [2.05, 4.69) is 517 Å². The minimum absolute atomic E-state index is 0.124. The van der Waals surface area contributed by atoms with Gasteiger partial charge in [-0.3, -0.25) is 0 Å². The molecule has 19 aromatic rings. The Balaban J connectivity index is 0.985. The van der Waals surface area contributed by atoms with Crippen LogP contribution >= 0.6 is 0 Å². The number of para-hydroxylation sites is 2. The van der Waals surface area contributed by atoms with Crippen molar-refractivity contribution in [2.45, 2.75) is 52.4 Å². The zero-order valence-electron chi connectivity index (χ0n) is 71.8. The maximum atomic E-state index is 2.74. The molecule has 2 aliphatic rings. The molecule has 126 heavy (non-hydrogen) atoms. The third-order valence-corrected chi connectivity index (χ3v) is 25.6. The van der Waals surface area contributed by atoms with Gasteiger partial charge in [-0.1, -0.05) is 430 Å². The van der Waals surface area contributed by atoms with Crippen LogP contribution in [0.2, 0.25) is 0 Å². The van der Waals surface area contributed by atoms with Crippen LogP contribution in [0.25, 0.3) is 134 Å². The second-order valence-electron chi connectivity index (χ2n) is 35.5. The largest absolute Gasteiger partial charge is 0.310 e. The molecule has 0 saturated carbocycles. The van der Waals surface area contributed by atoms with Gasteiger partial charge in [-0.25, -0.2) is 0 Å². The van der Waals surface area contributed by atoms with Crippen LogP contribution in [0.4, 0.5) is 51.2 Å². The summed E-state index contributed by atoms with van der Waals surface area (Å²) in [6.45, 7) is 13.5. The van der Waals surface area contributed by atoms with Gasteiger partial charge >= 0.3 is 0 Å². The fourth-order valence-electron chi connectivity index (χ4n) is 19.3. The van der Waals surface area contributed by atoms with Gasteiger partial charge in [-0.2, -0.15) is 0 Å². The Morgan fingerprint density at radius 3 is 0.675 bits per heavy atom. The molecule has 0 N–H and O–H groups in total. The van der Waals surface area contributed by atoms with E-state index < -0.39 is 6.71 Å². The summed E-state index contributed by atoms with van der Waals surface area (Å²) in [7, 11) is 0. The van der Waals surface area contributed by atoms with E-state index in [4.69, 9.17) is 0 Å². The summed E-state index contributed by atoms with van der Waals surface area (Å²) in [5.41, 5.74) is 42.0. The SMILES string of the molecule is CC(C)(C)c1ccc(N(c2ccc(C(C)(C)C)cc2)c2cc3c4c(c2)N(c2c(-c5cccc(-c6ccccc6)c5)cccc2-c2cccc(-c5ccccc5)c2)c2cc(-c5ccccc5)c(-c5ccccc5)cc2B4c2cc(-c4ccccc4)c(-c4ccccc4)cc2N3c2c(-c3cccc(-c4ccccc4)c3)cccc2-c2cccc(-c3ccccc3)c2)cc1. The number of rotatable bonds is 17. The zero-order chi connectivity index (χ0) is 85.0. The molecule has 0 aromatic heterocycles. The molecule has 0 amide bonds. The van der Waals surface area contributed by atoms with Gasteiger partial charge in [0.15, 0.2) is 0 Å². The number of fused-ring (bicyclic) bond motifs is 4. The molecular formula is C122H94BN3. The molecule has 0 radical (unpaired) electrons. The summed E-state index contributed by atoms with van der Waals surface area (Å²) < 4.78 is 0. The Labute approximate surface area is 741 Å². The molecule has 0 spiro atoms. The Hall–Kier alpha value is -15.4. The minimum atomic E-state index is -0.427. The van der Waals surface area contributed by atoms with Crippen molar-refractivity contribution in [3.63, 3.8) is 0 Å². The van der Waals surface area contributed by atoms with Gasteiger partial charge in [0, 0.05) is 56.4 Å². The van der Waals surface area contributed by atoms with Crippen molar-refractivity contribution in [3.05, 3.63) is 472 Å². The third kappa shape index (κ3) is 14.7. The fourth-order valence-corrected chi connectivity index (χ4v) is 19.3. The van der Waals surface area contributed by atoms with E-state index in [-0.39, 0.29) is 10.8 Å².